The van der Waals surface area contributed by atoms with Crippen molar-refractivity contribution < 1.29 is 9.90 Å². The molecular weight excluding hydrogens is 368 g/mol. The topological polar surface area (TPSA) is 61.7 Å². The highest BCUT2D eigenvalue weighted by Crippen LogP contribution is 2.17. The predicted molar refractivity (Wildman–Crippen MR) is 98.8 cm³/mol. The Balaban J connectivity index is 1.66. The molecule has 0 bridgehead atoms. The van der Waals surface area contributed by atoms with E-state index >= 15 is 0 Å². The Morgan fingerprint density at radius 1 is 1.04 bits per heavy atom. The van der Waals surface area contributed by atoms with Gasteiger partial charge in [0.05, 0.1) is 6.21 Å². The number of nitrogens with zero attached hydrogens (tertiary/aromatic N) is 1. The van der Waals surface area contributed by atoms with Crippen molar-refractivity contribution in [2.45, 2.75) is 6.10 Å². The summed E-state index contributed by atoms with van der Waals surface area (Å²) in [6, 6.07) is 20.8. The first-order valence-corrected chi connectivity index (χ1v) is 8.18. The molecule has 0 aromatic heterocycles. The molecule has 0 saturated carbocycles. The molecule has 0 radical (unpaired) electrons. The third-order valence-corrected chi connectivity index (χ3v) is 4.12. The van der Waals surface area contributed by atoms with E-state index in [4.69, 9.17) is 0 Å². The van der Waals surface area contributed by atoms with Crippen LogP contribution in [0, 0.1) is 0 Å². The fraction of sp³-hybridized carbons (Fsp3) is 0.0526. The number of carbonyl (C=O) groups excluding carboxylic acids is 1. The van der Waals surface area contributed by atoms with Crippen molar-refractivity contribution in [3.05, 3.63) is 82.3 Å². The molecule has 24 heavy (non-hydrogen) atoms. The Kier molecular flexibility index (Phi) is 5.03. The van der Waals surface area contributed by atoms with E-state index in [1.165, 1.54) is 0 Å². The van der Waals surface area contributed by atoms with Crippen LogP contribution in [-0.2, 0) is 4.79 Å². The fourth-order valence-electron chi connectivity index (χ4n) is 2.32. The molecule has 3 aromatic carbocycles. The van der Waals surface area contributed by atoms with Crippen molar-refractivity contribution in [1.82, 2.24) is 5.43 Å². The van der Waals surface area contributed by atoms with Crippen LogP contribution in [0.4, 0.5) is 0 Å². The summed E-state index contributed by atoms with van der Waals surface area (Å²) < 4.78 is 0.883. The van der Waals surface area contributed by atoms with Gasteiger partial charge in [-0.15, -0.1) is 0 Å². The zero-order chi connectivity index (χ0) is 16.9. The van der Waals surface area contributed by atoms with Crippen molar-refractivity contribution in [2.75, 3.05) is 0 Å². The standard InChI is InChI=1S/C19H15BrN2O2/c20-17-9-7-15(8-10-17)18(23)19(24)22-21-12-13-5-6-14-3-1-2-4-16(14)11-13/h1-12,18,23H,(H,22,24)/b21-12-/t18-/m0/s1. The van der Waals surface area contributed by atoms with Crippen LogP contribution in [0.25, 0.3) is 10.8 Å². The zero-order valence-electron chi connectivity index (χ0n) is 12.7. The highest BCUT2D eigenvalue weighted by atomic mass is 79.9. The quantitative estimate of drug-likeness (QED) is 0.532. The fourth-order valence-corrected chi connectivity index (χ4v) is 2.58. The minimum absolute atomic E-state index is 0.511. The number of hydrogen-bond acceptors (Lipinski definition) is 3. The lowest BCUT2D eigenvalue weighted by Crippen LogP contribution is -2.25. The Hall–Kier alpha value is -2.50. The van der Waals surface area contributed by atoms with Gasteiger partial charge in [-0.1, -0.05) is 64.5 Å². The van der Waals surface area contributed by atoms with E-state index in [1.807, 2.05) is 42.5 Å². The van der Waals surface area contributed by atoms with Crippen LogP contribution < -0.4 is 5.43 Å². The number of hydrazone groups is 1. The maximum absolute atomic E-state index is 11.9. The summed E-state index contributed by atoms with van der Waals surface area (Å²) in [7, 11) is 0. The largest absolute Gasteiger partial charge is 0.378 e. The van der Waals surface area contributed by atoms with Crippen LogP contribution in [0.15, 0.2) is 76.3 Å². The number of amides is 1. The molecule has 0 aliphatic heterocycles. The summed E-state index contributed by atoms with van der Waals surface area (Å²) >= 11 is 3.31. The second kappa shape index (κ2) is 7.38. The number of rotatable bonds is 4. The van der Waals surface area contributed by atoms with E-state index < -0.39 is 12.0 Å². The average Bonchev–Trinajstić information content (AvgIpc) is 2.61. The van der Waals surface area contributed by atoms with E-state index in [9.17, 15) is 9.90 Å². The normalized spacial score (nSPS) is 12.4. The van der Waals surface area contributed by atoms with Crippen LogP contribution in [0.2, 0.25) is 0 Å². The van der Waals surface area contributed by atoms with Crippen molar-refractivity contribution in [2.24, 2.45) is 5.10 Å². The number of aliphatic hydroxyl groups excluding tert-OH is 1. The molecule has 0 unspecified atom stereocenters. The molecule has 0 aliphatic rings. The van der Waals surface area contributed by atoms with Gasteiger partial charge in [-0.25, -0.2) is 5.43 Å². The third kappa shape index (κ3) is 3.88. The summed E-state index contributed by atoms with van der Waals surface area (Å²) in [5.41, 5.74) is 3.74. The van der Waals surface area contributed by atoms with Crippen molar-refractivity contribution >= 4 is 38.8 Å². The Morgan fingerprint density at radius 2 is 1.75 bits per heavy atom. The van der Waals surface area contributed by atoms with Gasteiger partial charge >= 0.3 is 0 Å². The van der Waals surface area contributed by atoms with Crippen molar-refractivity contribution in [1.29, 1.82) is 0 Å². The first-order chi connectivity index (χ1) is 11.6. The maximum atomic E-state index is 11.9. The molecule has 0 saturated heterocycles. The number of halogens is 1. The minimum Gasteiger partial charge on any atom is -0.378 e. The molecule has 1 amide bonds. The van der Waals surface area contributed by atoms with Crippen LogP contribution >= 0.6 is 15.9 Å². The van der Waals surface area contributed by atoms with E-state index in [2.05, 4.69) is 26.5 Å². The van der Waals surface area contributed by atoms with Gasteiger partial charge in [0.25, 0.3) is 5.91 Å². The average molecular weight is 383 g/mol. The van der Waals surface area contributed by atoms with Gasteiger partial charge in [0.15, 0.2) is 6.10 Å². The smallest absolute Gasteiger partial charge is 0.273 e. The second-order valence-corrected chi connectivity index (χ2v) is 6.21. The first-order valence-electron chi connectivity index (χ1n) is 7.39. The Bertz CT molecular complexity index is 891. The Morgan fingerprint density at radius 3 is 2.50 bits per heavy atom. The van der Waals surface area contributed by atoms with Gasteiger partial charge in [0.1, 0.15) is 0 Å². The zero-order valence-corrected chi connectivity index (χ0v) is 14.3. The number of aliphatic hydroxyl groups is 1. The molecule has 1 atom stereocenters. The lowest BCUT2D eigenvalue weighted by atomic mass is 10.1. The second-order valence-electron chi connectivity index (χ2n) is 5.29. The summed E-state index contributed by atoms with van der Waals surface area (Å²) in [6.07, 6.45) is 0.297. The van der Waals surface area contributed by atoms with Crippen LogP contribution in [-0.4, -0.2) is 17.2 Å². The van der Waals surface area contributed by atoms with Crippen molar-refractivity contribution in [3.63, 3.8) is 0 Å². The molecule has 120 valence electrons. The molecule has 3 rings (SSSR count). The van der Waals surface area contributed by atoms with E-state index in [1.54, 1.807) is 30.5 Å². The van der Waals surface area contributed by atoms with Gasteiger partial charge in [-0.2, -0.15) is 5.10 Å². The van der Waals surface area contributed by atoms with E-state index in [-0.39, 0.29) is 0 Å². The third-order valence-electron chi connectivity index (χ3n) is 3.60. The molecule has 0 fully saturated rings. The minimum atomic E-state index is -1.26. The summed E-state index contributed by atoms with van der Waals surface area (Å²) in [6.45, 7) is 0. The molecule has 0 spiro atoms. The van der Waals surface area contributed by atoms with Gasteiger partial charge in [-0.05, 0) is 40.1 Å². The molecule has 0 aliphatic carbocycles. The molecule has 2 N–H and O–H groups in total. The van der Waals surface area contributed by atoms with E-state index in [0.29, 0.717) is 5.56 Å². The molecule has 4 nitrogen and oxygen atoms in total. The summed E-state index contributed by atoms with van der Waals surface area (Å²) in [5.74, 6) is -0.575. The van der Waals surface area contributed by atoms with Crippen LogP contribution in [0.5, 0.6) is 0 Å². The number of hydrogen-bond donors (Lipinski definition) is 2. The maximum Gasteiger partial charge on any atom is 0.273 e. The monoisotopic (exact) mass is 382 g/mol. The van der Waals surface area contributed by atoms with Crippen LogP contribution in [0.1, 0.15) is 17.2 Å². The lowest BCUT2D eigenvalue weighted by Gasteiger charge is -2.09. The first kappa shape index (κ1) is 16.4. The van der Waals surface area contributed by atoms with E-state index in [0.717, 1.165) is 20.8 Å². The Labute approximate surface area is 148 Å². The van der Waals surface area contributed by atoms with Gasteiger partial charge in [0, 0.05) is 4.47 Å². The number of carbonyl (C=O) groups is 1. The summed E-state index contributed by atoms with van der Waals surface area (Å²) in [4.78, 5) is 11.9. The van der Waals surface area contributed by atoms with Gasteiger partial charge in [-0.3, -0.25) is 4.79 Å². The highest BCUT2D eigenvalue weighted by Gasteiger charge is 2.16. The lowest BCUT2D eigenvalue weighted by molar-refractivity contribution is -0.129. The SMILES string of the molecule is O=C(N/N=C\c1ccc2ccccc2c1)[C@@H](O)c1ccc(Br)cc1. The van der Waals surface area contributed by atoms with Crippen LogP contribution in [0.3, 0.4) is 0 Å². The molecule has 3 aromatic rings. The van der Waals surface area contributed by atoms with Gasteiger partial charge in [0.2, 0.25) is 0 Å². The summed E-state index contributed by atoms with van der Waals surface area (Å²) in [5, 5.41) is 16.2. The number of nitrogens with one attached hydrogen (secondary N) is 1. The molecular formula is C19H15BrN2O2. The number of benzene rings is 3. The number of fused-ring (bicyclic) bond motifs is 1. The predicted octanol–water partition coefficient (Wildman–Crippen LogP) is 3.79. The molecule has 0 heterocycles. The highest BCUT2D eigenvalue weighted by molar-refractivity contribution is 9.10. The van der Waals surface area contributed by atoms with Gasteiger partial charge < -0.3 is 5.11 Å². The molecule has 5 heteroatoms. The van der Waals surface area contributed by atoms with Crippen molar-refractivity contribution in [3.8, 4) is 0 Å².